The Hall–Kier alpha value is 0.270. The molecule has 0 aromatic heterocycles. The molecule has 0 amide bonds. The molecule has 2 nitrogen and oxygen atoms in total. The van der Waals surface area contributed by atoms with Crippen molar-refractivity contribution in [3.05, 3.63) is 0 Å². The molecule has 2 fully saturated rings. The molecule has 1 saturated carbocycles. The molecule has 0 aromatic carbocycles. The average Bonchev–Trinajstić information content (AvgIpc) is 2.35. The third-order valence-electron chi connectivity index (χ3n) is 4.76. The van der Waals surface area contributed by atoms with Crippen molar-refractivity contribution in [3.8, 4) is 0 Å². The van der Waals surface area contributed by atoms with E-state index >= 15 is 0 Å². The van der Waals surface area contributed by atoms with Gasteiger partial charge in [0.2, 0.25) is 0 Å². The van der Waals surface area contributed by atoms with Crippen molar-refractivity contribution in [3.63, 3.8) is 0 Å². The van der Waals surface area contributed by atoms with Gasteiger partial charge in [0.15, 0.2) is 0 Å². The lowest BCUT2D eigenvalue weighted by molar-refractivity contribution is 0.145. The van der Waals surface area contributed by atoms with Crippen molar-refractivity contribution >= 4 is 11.8 Å². The first-order chi connectivity index (χ1) is 8.22. The van der Waals surface area contributed by atoms with Crippen LogP contribution in [0, 0.1) is 11.8 Å². The Labute approximate surface area is 111 Å². The Balaban J connectivity index is 1.94. The van der Waals surface area contributed by atoms with Gasteiger partial charge in [-0.3, -0.25) is 0 Å². The molecule has 0 aromatic rings. The predicted octanol–water partition coefficient (Wildman–Crippen LogP) is 2.45. The van der Waals surface area contributed by atoms with Gasteiger partial charge in [-0.2, -0.15) is 11.8 Å². The first-order valence-corrected chi connectivity index (χ1v) is 8.33. The molecule has 0 radical (unpaired) electrons. The third kappa shape index (κ3) is 3.39. The fraction of sp³-hybridized carbons (Fsp3) is 1.00. The van der Waals surface area contributed by atoms with Gasteiger partial charge in [0.05, 0.1) is 0 Å². The quantitative estimate of drug-likeness (QED) is 0.835. The molecule has 1 aliphatic heterocycles. The lowest BCUT2D eigenvalue weighted by atomic mass is 9.77. The predicted molar refractivity (Wildman–Crippen MR) is 77.7 cm³/mol. The maximum Gasteiger partial charge on any atom is 0.0339 e. The summed E-state index contributed by atoms with van der Waals surface area (Å²) in [5.74, 6) is 4.49. The van der Waals surface area contributed by atoms with Gasteiger partial charge in [0, 0.05) is 30.1 Å². The Morgan fingerprint density at radius 1 is 1.24 bits per heavy atom. The van der Waals surface area contributed by atoms with Gasteiger partial charge in [0.25, 0.3) is 0 Å². The number of rotatable bonds is 3. The first-order valence-electron chi connectivity index (χ1n) is 7.17. The number of hydrogen-bond acceptors (Lipinski definition) is 3. The van der Waals surface area contributed by atoms with E-state index in [9.17, 15) is 0 Å². The van der Waals surface area contributed by atoms with Crippen LogP contribution in [0.5, 0.6) is 0 Å². The molecular formula is C14H28N2S. The number of nitrogens with one attached hydrogen (secondary N) is 1. The summed E-state index contributed by atoms with van der Waals surface area (Å²) in [6, 6.07) is 1.46. The van der Waals surface area contributed by atoms with E-state index in [1.807, 2.05) is 0 Å². The molecule has 0 spiro atoms. The Kier molecular flexibility index (Phi) is 5.19. The molecule has 17 heavy (non-hydrogen) atoms. The maximum absolute atomic E-state index is 3.63. The van der Waals surface area contributed by atoms with Gasteiger partial charge in [0.1, 0.15) is 0 Å². The molecule has 1 N–H and O–H groups in total. The van der Waals surface area contributed by atoms with Gasteiger partial charge in [-0.25, -0.2) is 0 Å². The molecular weight excluding hydrogens is 228 g/mol. The smallest absolute Gasteiger partial charge is 0.0339 e. The van der Waals surface area contributed by atoms with Crippen molar-refractivity contribution < 1.29 is 0 Å². The second kappa shape index (κ2) is 6.44. The monoisotopic (exact) mass is 256 g/mol. The molecule has 2 atom stereocenters. The van der Waals surface area contributed by atoms with E-state index in [1.165, 1.54) is 43.7 Å². The maximum atomic E-state index is 3.63. The molecule has 1 heterocycles. The summed E-state index contributed by atoms with van der Waals surface area (Å²) in [6.45, 7) is 3.67. The van der Waals surface area contributed by atoms with Gasteiger partial charge in [-0.05, 0) is 38.8 Å². The van der Waals surface area contributed by atoms with E-state index in [0.29, 0.717) is 6.04 Å². The normalized spacial score (nSPS) is 37.9. The highest BCUT2D eigenvalue weighted by atomic mass is 32.2. The molecule has 2 rings (SSSR count). The lowest BCUT2D eigenvalue weighted by Crippen LogP contribution is -2.55. The highest BCUT2D eigenvalue weighted by Gasteiger charge is 2.34. The lowest BCUT2D eigenvalue weighted by Gasteiger charge is -2.43. The molecule has 2 aliphatic rings. The summed E-state index contributed by atoms with van der Waals surface area (Å²) >= 11 is 2.13. The highest BCUT2D eigenvalue weighted by Crippen LogP contribution is 2.33. The van der Waals surface area contributed by atoms with Crippen LogP contribution >= 0.6 is 11.8 Å². The molecule has 100 valence electrons. The second-order valence-electron chi connectivity index (χ2n) is 5.96. The van der Waals surface area contributed by atoms with E-state index in [1.54, 1.807) is 0 Å². The summed E-state index contributed by atoms with van der Waals surface area (Å²) < 4.78 is 0. The van der Waals surface area contributed by atoms with E-state index in [0.717, 1.165) is 17.9 Å². The van der Waals surface area contributed by atoms with Crippen LogP contribution in [0.3, 0.4) is 0 Å². The number of nitrogens with zero attached hydrogens (tertiary/aromatic N) is 1. The average molecular weight is 256 g/mol. The van der Waals surface area contributed by atoms with Crippen molar-refractivity contribution in [2.75, 3.05) is 32.1 Å². The standard InChI is InChI=1S/C14H28N2S/c1-11-4-6-12(7-5-11)14(15-2)13-10-17-9-8-16(13)3/h11-15H,4-10H2,1-3H3. The van der Waals surface area contributed by atoms with Crippen LogP contribution in [0.15, 0.2) is 0 Å². The number of thioether (sulfide) groups is 1. The Morgan fingerprint density at radius 2 is 1.94 bits per heavy atom. The molecule has 1 saturated heterocycles. The largest absolute Gasteiger partial charge is 0.315 e. The zero-order valence-electron chi connectivity index (χ0n) is 11.6. The van der Waals surface area contributed by atoms with Crippen LogP contribution in [-0.4, -0.2) is 49.1 Å². The number of likely N-dealkylation sites (N-methyl/N-ethyl adjacent to an activating group) is 2. The van der Waals surface area contributed by atoms with Gasteiger partial charge < -0.3 is 10.2 Å². The third-order valence-corrected chi connectivity index (χ3v) is 5.81. The summed E-state index contributed by atoms with van der Waals surface area (Å²) in [7, 11) is 4.47. The fourth-order valence-electron chi connectivity index (χ4n) is 3.47. The van der Waals surface area contributed by atoms with Gasteiger partial charge in [-0.1, -0.05) is 19.8 Å². The minimum atomic E-state index is 0.709. The molecule has 3 heteroatoms. The van der Waals surface area contributed by atoms with E-state index in [4.69, 9.17) is 0 Å². The van der Waals surface area contributed by atoms with Crippen LogP contribution in [0.2, 0.25) is 0 Å². The van der Waals surface area contributed by atoms with Gasteiger partial charge >= 0.3 is 0 Å². The van der Waals surface area contributed by atoms with Crippen molar-refractivity contribution in [1.82, 2.24) is 10.2 Å². The molecule has 2 unspecified atom stereocenters. The summed E-state index contributed by atoms with van der Waals surface area (Å²) in [5.41, 5.74) is 0. The minimum Gasteiger partial charge on any atom is -0.315 e. The van der Waals surface area contributed by atoms with Gasteiger partial charge in [-0.15, -0.1) is 0 Å². The molecule has 0 bridgehead atoms. The Bertz CT molecular complexity index is 226. The summed E-state index contributed by atoms with van der Waals surface area (Å²) in [6.07, 6.45) is 5.74. The van der Waals surface area contributed by atoms with Crippen LogP contribution < -0.4 is 5.32 Å². The highest BCUT2D eigenvalue weighted by molar-refractivity contribution is 7.99. The van der Waals surface area contributed by atoms with Crippen LogP contribution in [0.4, 0.5) is 0 Å². The first kappa shape index (κ1) is 13.7. The van der Waals surface area contributed by atoms with Crippen LogP contribution in [0.1, 0.15) is 32.6 Å². The zero-order valence-corrected chi connectivity index (χ0v) is 12.4. The second-order valence-corrected chi connectivity index (χ2v) is 7.11. The van der Waals surface area contributed by atoms with Crippen molar-refractivity contribution in [1.29, 1.82) is 0 Å². The van der Waals surface area contributed by atoms with E-state index in [-0.39, 0.29) is 0 Å². The van der Waals surface area contributed by atoms with Crippen LogP contribution in [0.25, 0.3) is 0 Å². The van der Waals surface area contributed by atoms with E-state index in [2.05, 4.69) is 43.0 Å². The van der Waals surface area contributed by atoms with Crippen molar-refractivity contribution in [2.45, 2.75) is 44.7 Å². The number of hydrogen-bond donors (Lipinski definition) is 1. The Morgan fingerprint density at radius 3 is 2.53 bits per heavy atom. The van der Waals surface area contributed by atoms with Crippen molar-refractivity contribution in [2.24, 2.45) is 11.8 Å². The molecule has 1 aliphatic carbocycles. The summed E-state index contributed by atoms with van der Waals surface area (Å²) in [4.78, 5) is 2.58. The summed E-state index contributed by atoms with van der Waals surface area (Å²) in [5, 5.41) is 3.63. The van der Waals surface area contributed by atoms with E-state index < -0.39 is 0 Å². The SMILES string of the molecule is CNC(C1CCC(C)CC1)C1CSCCN1C. The van der Waals surface area contributed by atoms with Crippen LogP contribution in [-0.2, 0) is 0 Å². The topological polar surface area (TPSA) is 15.3 Å². The fourth-order valence-corrected chi connectivity index (χ4v) is 4.76. The zero-order chi connectivity index (χ0) is 12.3. The minimum absolute atomic E-state index is 0.709.